The Morgan fingerprint density at radius 2 is 2.05 bits per heavy atom. The van der Waals surface area contributed by atoms with Gasteiger partial charge in [-0.3, -0.25) is 0 Å². The predicted molar refractivity (Wildman–Crippen MR) is 78.0 cm³/mol. The van der Waals surface area contributed by atoms with Gasteiger partial charge in [-0.25, -0.2) is 13.1 Å². The fourth-order valence-corrected chi connectivity index (χ4v) is 3.91. The quantitative estimate of drug-likeness (QED) is 0.836. The SMILES string of the molecule is COc1ccc(CN)cc1S(=O)(=O)NCC1CCCC1. The molecule has 0 aliphatic heterocycles. The maximum atomic E-state index is 12.4. The minimum Gasteiger partial charge on any atom is -0.495 e. The number of hydrogen-bond donors (Lipinski definition) is 2. The standard InChI is InChI=1S/C14H22N2O3S/c1-19-13-7-6-12(9-15)8-14(13)20(17,18)16-10-11-4-2-3-5-11/h6-8,11,16H,2-5,9-10,15H2,1H3. The molecular weight excluding hydrogens is 276 g/mol. The number of hydrogen-bond acceptors (Lipinski definition) is 4. The summed E-state index contributed by atoms with van der Waals surface area (Å²) in [7, 11) is -2.09. The number of ether oxygens (including phenoxy) is 1. The van der Waals surface area contributed by atoms with Crippen molar-refractivity contribution >= 4 is 10.0 Å². The average Bonchev–Trinajstić information content (AvgIpc) is 2.98. The van der Waals surface area contributed by atoms with Crippen molar-refractivity contribution in [3.63, 3.8) is 0 Å². The smallest absolute Gasteiger partial charge is 0.244 e. The van der Waals surface area contributed by atoms with Crippen molar-refractivity contribution in [1.29, 1.82) is 0 Å². The molecule has 1 fully saturated rings. The summed E-state index contributed by atoms with van der Waals surface area (Å²) in [6.45, 7) is 0.799. The Morgan fingerprint density at radius 1 is 1.35 bits per heavy atom. The number of methoxy groups -OCH3 is 1. The Kier molecular flexibility index (Phi) is 5.01. The van der Waals surface area contributed by atoms with Crippen LogP contribution in [0.5, 0.6) is 5.75 Å². The lowest BCUT2D eigenvalue weighted by molar-refractivity contribution is 0.401. The fourth-order valence-electron chi connectivity index (χ4n) is 2.58. The van der Waals surface area contributed by atoms with E-state index in [4.69, 9.17) is 10.5 Å². The van der Waals surface area contributed by atoms with Crippen molar-refractivity contribution in [2.24, 2.45) is 11.7 Å². The van der Waals surface area contributed by atoms with E-state index in [0.717, 1.165) is 18.4 Å². The molecule has 0 atom stereocenters. The van der Waals surface area contributed by atoms with Crippen LogP contribution in [0.3, 0.4) is 0 Å². The van der Waals surface area contributed by atoms with Gasteiger partial charge in [0.15, 0.2) is 0 Å². The molecule has 2 rings (SSSR count). The van der Waals surface area contributed by atoms with Crippen LogP contribution in [0.1, 0.15) is 31.2 Å². The van der Waals surface area contributed by atoms with Gasteiger partial charge in [-0.15, -0.1) is 0 Å². The molecule has 0 aromatic heterocycles. The molecule has 0 heterocycles. The van der Waals surface area contributed by atoms with E-state index in [0.29, 0.717) is 24.8 Å². The van der Waals surface area contributed by atoms with E-state index in [9.17, 15) is 8.42 Å². The van der Waals surface area contributed by atoms with Gasteiger partial charge in [0.25, 0.3) is 0 Å². The molecular formula is C14H22N2O3S. The van der Waals surface area contributed by atoms with Crippen LogP contribution in [0.2, 0.25) is 0 Å². The van der Waals surface area contributed by atoms with Crippen LogP contribution in [0.15, 0.2) is 23.1 Å². The van der Waals surface area contributed by atoms with Crippen molar-refractivity contribution in [2.45, 2.75) is 37.1 Å². The first kappa shape index (κ1) is 15.3. The van der Waals surface area contributed by atoms with Gasteiger partial charge in [0.2, 0.25) is 10.0 Å². The summed E-state index contributed by atoms with van der Waals surface area (Å²) in [5, 5.41) is 0. The van der Waals surface area contributed by atoms with Crippen LogP contribution in [0, 0.1) is 5.92 Å². The number of sulfonamides is 1. The highest BCUT2D eigenvalue weighted by molar-refractivity contribution is 7.89. The molecule has 0 spiro atoms. The minimum absolute atomic E-state index is 0.168. The second kappa shape index (κ2) is 6.56. The molecule has 1 aliphatic rings. The van der Waals surface area contributed by atoms with E-state index in [1.54, 1.807) is 18.2 Å². The molecule has 0 unspecified atom stereocenters. The maximum Gasteiger partial charge on any atom is 0.244 e. The van der Waals surface area contributed by atoms with E-state index in [-0.39, 0.29) is 4.90 Å². The van der Waals surface area contributed by atoms with Gasteiger partial charge in [-0.1, -0.05) is 18.9 Å². The first-order valence-electron chi connectivity index (χ1n) is 6.93. The zero-order valence-corrected chi connectivity index (χ0v) is 12.6. The third-order valence-electron chi connectivity index (χ3n) is 3.79. The van der Waals surface area contributed by atoms with Crippen LogP contribution in [0.25, 0.3) is 0 Å². The van der Waals surface area contributed by atoms with E-state index < -0.39 is 10.0 Å². The molecule has 1 aromatic carbocycles. The third kappa shape index (κ3) is 3.50. The van der Waals surface area contributed by atoms with E-state index in [1.165, 1.54) is 20.0 Å². The number of rotatable bonds is 6. The van der Waals surface area contributed by atoms with Crippen LogP contribution in [-0.4, -0.2) is 22.1 Å². The van der Waals surface area contributed by atoms with Crippen LogP contribution >= 0.6 is 0 Å². The molecule has 0 saturated heterocycles. The molecule has 1 saturated carbocycles. The number of benzene rings is 1. The molecule has 3 N–H and O–H groups in total. The zero-order valence-electron chi connectivity index (χ0n) is 11.8. The van der Waals surface area contributed by atoms with Crippen molar-refractivity contribution < 1.29 is 13.2 Å². The molecule has 6 heteroatoms. The first-order valence-corrected chi connectivity index (χ1v) is 8.42. The lowest BCUT2D eigenvalue weighted by Gasteiger charge is -2.14. The summed E-state index contributed by atoms with van der Waals surface area (Å²) in [5.74, 6) is 0.801. The van der Waals surface area contributed by atoms with Crippen molar-refractivity contribution in [2.75, 3.05) is 13.7 Å². The highest BCUT2D eigenvalue weighted by atomic mass is 32.2. The molecule has 112 valence electrons. The third-order valence-corrected chi connectivity index (χ3v) is 5.23. The highest BCUT2D eigenvalue weighted by Crippen LogP contribution is 2.27. The largest absolute Gasteiger partial charge is 0.495 e. The summed E-state index contributed by atoms with van der Waals surface area (Å²) in [6, 6.07) is 5.00. The van der Waals surface area contributed by atoms with Crippen molar-refractivity contribution in [1.82, 2.24) is 4.72 Å². The minimum atomic E-state index is -3.55. The Hall–Kier alpha value is -1.11. The average molecular weight is 298 g/mol. The summed E-state index contributed by atoms with van der Waals surface area (Å²) in [4.78, 5) is 0.168. The van der Waals surface area contributed by atoms with E-state index in [1.807, 2.05) is 0 Å². The molecule has 0 bridgehead atoms. The highest BCUT2D eigenvalue weighted by Gasteiger charge is 2.22. The van der Waals surface area contributed by atoms with E-state index >= 15 is 0 Å². The van der Waals surface area contributed by atoms with Gasteiger partial charge in [-0.2, -0.15) is 0 Å². The van der Waals surface area contributed by atoms with Crippen LogP contribution in [0.4, 0.5) is 0 Å². The lowest BCUT2D eigenvalue weighted by Crippen LogP contribution is -2.29. The van der Waals surface area contributed by atoms with Gasteiger partial charge < -0.3 is 10.5 Å². The molecule has 1 aliphatic carbocycles. The van der Waals surface area contributed by atoms with Crippen molar-refractivity contribution in [3.8, 4) is 5.75 Å². The summed E-state index contributed by atoms with van der Waals surface area (Å²) < 4.78 is 32.6. The summed E-state index contributed by atoms with van der Waals surface area (Å²) >= 11 is 0. The summed E-state index contributed by atoms with van der Waals surface area (Å²) in [5.41, 5.74) is 6.34. The number of nitrogens with two attached hydrogens (primary N) is 1. The van der Waals surface area contributed by atoms with Crippen LogP contribution < -0.4 is 15.2 Å². The normalized spacial score (nSPS) is 16.5. The fraction of sp³-hybridized carbons (Fsp3) is 0.571. The second-order valence-corrected chi connectivity index (χ2v) is 6.93. The van der Waals surface area contributed by atoms with Gasteiger partial charge in [0.05, 0.1) is 7.11 Å². The molecule has 0 radical (unpaired) electrons. The molecule has 1 aromatic rings. The predicted octanol–water partition coefficient (Wildman–Crippen LogP) is 1.62. The first-order chi connectivity index (χ1) is 9.56. The lowest BCUT2D eigenvalue weighted by atomic mass is 10.1. The second-order valence-electron chi connectivity index (χ2n) is 5.19. The van der Waals surface area contributed by atoms with Crippen molar-refractivity contribution in [3.05, 3.63) is 23.8 Å². The molecule has 20 heavy (non-hydrogen) atoms. The monoisotopic (exact) mass is 298 g/mol. The Labute approximate surface area is 120 Å². The van der Waals surface area contributed by atoms with Crippen LogP contribution in [-0.2, 0) is 16.6 Å². The maximum absolute atomic E-state index is 12.4. The Morgan fingerprint density at radius 3 is 2.65 bits per heavy atom. The molecule has 5 nitrogen and oxygen atoms in total. The Balaban J connectivity index is 2.18. The Bertz CT molecular complexity index is 552. The zero-order chi connectivity index (χ0) is 14.6. The van der Waals surface area contributed by atoms with E-state index in [2.05, 4.69) is 4.72 Å². The number of nitrogens with one attached hydrogen (secondary N) is 1. The summed E-state index contributed by atoms with van der Waals surface area (Å²) in [6.07, 6.45) is 4.59. The van der Waals surface area contributed by atoms with Gasteiger partial charge >= 0.3 is 0 Å². The molecule has 0 amide bonds. The van der Waals surface area contributed by atoms with Gasteiger partial charge in [0, 0.05) is 13.1 Å². The topological polar surface area (TPSA) is 81.4 Å². The van der Waals surface area contributed by atoms with Gasteiger partial charge in [-0.05, 0) is 36.5 Å². The van der Waals surface area contributed by atoms with Gasteiger partial charge in [0.1, 0.15) is 10.6 Å².